The van der Waals surface area contributed by atoms with Crippen molar-refractivity contribution in [3.05, 3.63) is 45.2 Å². The van der Waals surface area contributed by atoms with Gasteiger partial charge in [-0.05, 0) is 80.0 Å². The zero-order valence-electron chi connectivity index (χ0n) is 17.1. The van der Waals surface area contributed by atoms with Crippen LogP contribution in [0.25, 0.3) is 10.9 Å². The van der Waals surface area contributed by atoms with Crippen LogP contribution in [0.5, 0.6) is 0 Å². The summed E-state index contributed by atoms with van der Waals surface area (Å²) in [6, 6.07) is 6.17. The second kappa shape index (κ2) is 9.52. The summed E-state index contributed by atoms with van der Waals surface area (Å²) in [5, 5.41) is 5.09. The molecule has 1 saturated heterocycles. The van der Waals surface area contributed by atoms with Crippen LogP contribution in [0.3, 0.4) is 0 Å². The van der Waals surface area contributed by atoms with Crippen molar-refractivity contribution in [1.82, 2.24) is 15.2 Å². The molecular weight excluding hydrogens is 370 g/mol. The Balaban J connectivity index is 1.83. The Labute approximate surface area is 172 Å². The van der Waals surface area contributed by atoms with Crippen molar-refractivity contribution in [3.8, 4) is 0 Å². The molecule has 0 spiro atoms. The molecule has 5 nitrogen and oxygen atoms in total. The summed E-state index contributed by atoms with van der Waals surface area (Å²) in [6.07, 6.45) is 4.49. The predicted molar refractivity (Wildman–Crippen MR) is 119 cm³/mol. The first-order valence-electron chi connectivity index (χ1n) is 10.3. The number of nitrogens with one attached hydrogen (secondary N) is 2. The quantitative estimate of drug-likeness (QED) is 0.546. The van der Waals surface area contributed by atoms with Crippen LogP contribution >= 0.6 is 12.2 Å². The van der Waals surface area contributed by atoms with E-state index < -0.39 is 0 Å². The highest BCUT2D eigenvalue weighted by Gasteiger charge is 2.22. The van der Waals surface area contributed by atoms with Crippen LogP contribution in [0, 0.1) is 13.8 Å². The number of hydrogen-bond donors (Lipinski definition) is 2. The molecule has 28 heavy (non-hydrogen) atoms. The molecule has 1 atom stereocenters. The minimum absolute atomic E-state index is 0.0514. The van der Waals surface area contributed by atoms with E-state index >= 15 is 0 Å². The number of rotatable bonds is 7. The van der Waals surface area contributed by atoms with Crippen LogP contribution in [0.4, 0.5) is 0 Å². The molecule has 0 bridgehead atoms. The van der Waals surface area contributed by atoms with Crippen molar-refractivity contribution in [2.45, 2.75) is 59.1 Å². The number of fused-ring (bicyclic) bond motifs is 1. The van der Waals surface area contributed by atoms with Gasteiger partial charge in [0.2, 0.25) is 0 Å². The molecule has 0 aliphatic carbocycles. The van der Waals surface area contributed by atoms with E-state index in [1.807, 2.05) is 12.1 Å². The molecule has 1 aromatic heterocycles. The highest BCUT2D eigenvalue weighted by atomic mass is 32.1. The number of benzene rings is 1. The van der Waals surface area contributed by atoms with Gasteiger partial charge in [-0.2, -0.15) is 0 Å². The van der Waals surface area contributed by atoms with Crippen LogP contribution in [-0.2, 0) is 11.3 Å². The molecule has 2 heterocycles. The molecule has 1 aliphatic rings. The Bertz CT molecular complexity index is 887. The van der Waals surface area contributed by atoms with Gasteiger partial charge in [0.15, 0.2) is 5.11 Å². The third-order valence-electron chi connectivity index (χ3n) is 5.44. The van der Waals surface area contributed by atoms with Gasteiger partial charge in [0, 0.05) is 30.8 Å². The highest BCUT2D eigenvalue weighted by molar-refractivity contribution is 7.80. The summed E-state index contributed by atoms with van der Waals surface area (Å²) in [5.74, 6) is 0. The minimum atomic E-state index is -0.0514. The Kier molecular flexibility index (Phi) is 7.08. The van der Waals surface area contributed by atoms with Crippen LogP contribution in [-0.4, -0.2) is 40.8 Å². The SMILES string of the molecule is CCCCNC(=S)N(Cc1cc2cc(C)c(C)cc2[nH]c1=O)CC1CCCO1. The third-order valence-corrected chi connectivity index (χ3v) is 5.84. The number of H-pyrrole nitrogens is 1. The third kappa shape index (κ3) is 5.11. The number of ether oxygens (including phenoxy) is 1. The zero-order valence-corrected chi connectivity index (χ0v) is 18.0. The molecule has 1 unspecified atom stereocenters. The Hall–Kier alpha value is -1.92. The summed E-state index contributed by atoms with van der Waals surface area (Å²) in [6.45, 7) is 9.17. The molecule has 2 N–H and O–H groups in total. The van der Waals surface area contributed by atoms with Crippen LogP contribution < -0.4 is 10.9 Å². The fourth-order valence-corrected chi connectivity index (χ4v) is 3.82. The maximum Gasteiger partial charge on any atom is 0.253 e. The van der Waals surface area contributed by atoms with Crippen molar-refractivity contribution < 1.29 is 4.74 Å². The van der Waals surface area contributed by atoms with Crippen molar-refractivity contribution in [2.75, 3.05) is 19.7 Å². The van der Waals surface area contributed by atoms with Gasteiger partial charge in [0.25, 0.3) is 5.56 Å². The molecule has 152 valence electrons. The van der Waals surface area contributed by atoms with Gasteiger partial charge in [-0.1, -0.05) is 13.3 Å². The maximum atomic E-state index is 12.7. The first-order valence-corrected chi connectivity index (χ1v) is 10.7. The first kappa shape index (κ1) is 20.8. The van der Waals surface area contributed by atoms with E-state index in [0.29, 0.717) is 18.2 Å². The molecular formula is C22H31N3O2S. The van der Waals surface area contributed by atoms with Crippen molar-refractivity contribution >= 4 is 28.2 Å². The summed E-state index contributed by atoms with van der Waals surface area (Å²) in [4.78, 5) is 17.8. The molecule has 1 aliphatic heterocycles. The molecule has 1 fully saturated rings. The first-order chi connectivity index (χ1) is 13.5. The Morgan fingerprint density at radius 2 is 2.11 bits per heavy atom. The number of aromatic nitrogens is 1. The molecule has 2 aromatic rings. The number of aromatic amines is 1. The lowest BCUT2D eigenvalue weighted by molar-refractivity contribution is 0.0897. The molecule has 0 radical (unpaired) electrons. The normalized spacial score (nSPS) is 16.5. The lowest BCUT2D eigenvalue weighted by Crippen LogP contribution is -2.44. The van der Waals surface area contributed by atoms with Crippen molar-refractivity contribution in [1.29, 1.82) is 0 Å². The molecule has 0 amide bonds. The largest absolute Gasteiger partial charge is 0.376 e. The Morgan fingerprint density at radius 1 is 1.32 bits per heavy atom. The van der Waals surface area contributed by atoms with Gasteiger partial charge in [-0.25, -0.2) is 0 Å². The number of nitrogens with zero attached hydrogens (tertiary/aromatic N) is 1. The second-order valence-electron chi connectivity index (χ2n) is 7.75. The molecule has 1 aromatic carbocycles. The van der Waals surface area contributed by atoms with E-state index in [9.17, 15) is 4.79 Å². The van der Waals surface area contributed by atoms with Gasteiger partial charge < -0.3 is 19.9 Å². The van der Waals surface area contributed by atoms with Gasteiger partial charge >= 0.3 is 0 Å². The number of pyridine rings is 1. The summed E-state index contributed by atoms with van der Waals surface area (Å²) >= 11 is 5.65. The predicted octanol–water partition coefficient (Wildman–Crippen LogP) is 3.80. The average Bonchev–Trinajstić information content (AvgIpc) is 3.16. The molecule has 6 heteroatoms. The van der Waals surface area contributed by atoms with E-state index in [4.69, 9.17) is 17.0 Å². The summed E-state index contributed by atoms with van der Waals surface area (Å²) in [7, 11) is 0. The number of aryl methyl sites for hydroxylation is 2. The van der Waals surface area contributed by atoms with Gasteiger partial charge in [0.05, 0.1) is 12.6 Å². The number of thiocarbonyl (C=S) groups is 1. The standard InChI is InChI=1S/C22H31N3O2S/c1-4-5-8-23-22(28)25(14-19-7-6-9-27-19)13-18-12-17-10-15(2)16(3)11-20(17)24-21(18)26/h10-12,19H,4-9,13-14H2,1-3H3,(H,23,28)(H,24,26). The average molecular weight is 402 g/mol. The van der Waals surface area contributed by atoms with Gasteiger partial charge in [0.1, 0.15) is 0 Å². The second-order valence-corrected chi connectivity index (χ2v) is 8.14. The highest BCUT2D eigenvalue weighted by Crippen LogP contribution is 2.19. The van der Waals surface area contributed by atoms with E-state index in [2.05, 4.69) is 42.0 Å². The Morgan fingerprint density at radius 3 is 2.82 bits per heavy atom. The van der Waals surface area contributed by atoms with Gasteiger partial charge in [-0.15, -0.1) is 0 Å². The van der Waals surface area contributed by atoms with E-state index in [-0.39, 0.29) is 11.7 Å². The van der Waals surface area contributed by atoms with E-state index in [1.165, 1.54) is 11.1 Å². The monoisotopic (exact) mass is 401 g/mol. The summed E-state index contributed by atoms with van der Waals surface area (Å²) < 4.78 is 5.81. The smallest absolute Gasteiger partial charge is 0.253 e. The lowest BCUT2D eigenvalue weighted by Gasteiger charge is -2.28. The fourth-order valence-electron chi connectivity index (χ4n) is 3.58. The van der Waals surface area contributed by atoms with Crippen LogP contribution in [0.1, 0.15) is 49.3 Å². The van der Waals surface area contributed by atoms with Crippen LogP contribution in [0.2, 0.25) is 0 Å². The van der Waals surface area contributed by atoms with E-state index in [0.717, 1.165) is 55.3 Å². The number of unbranched alkanes of at least 4 members (excludes halogenated alkanes) is 1. The van der Waals surface area contributed by atoms with Crippen LogP contribution in [0.15, 0.2) is 23.0 Å². The number of hydrogen-bond acceptors (Lipinski definition) is 3. The summed E-state index contributed by atoms with van der Waals surface area (Å²) in [5.41, 5.74) is 3.96. The van der Waals surface area contributed by atoms with Crippen molar-refractivity contribution in [3.63, 3.8) is 0 Å². The van der Waals surface area contributed by atoms with Crippen molar-refractivity contribution in [2.24, 2.45) is 0 Å². The maximum absolute atomic E-state index is 12.7. The fraction of sp³-hybridized carbons (Fsp3) is 0.545. The van der Waals surface area contributed by atoms with Gasteiger partial charge in [-0.3, -0.25) is 4.79 Å². The lowest BCUT2D eigenvalue weighted by atomic mass is 10.0. The minimum Gasteiger partial charge on any atom is -0.376 e. The molecule has 3 rings (SSSR count). The topological polar surface area (TPSA) is 57.4 Å². The molecule has 0 saturated carbocycles. The van der Waals surface area contributed by atoms with E-state index in [1.54, 1.807) is 0 Å². The zero-order chi connectivity index (χ0) is 20.1.